The fourth-order valence-corrected chi connectivity index (χ4v) is 6.08. The molecule has 1 aromatic heterocycles. The summed E-state index contributed by atoms with van der Waals surface area (Å²) in [5.74, 6) is 3.04. The van der Waals surface area contributed by atoms with Crippen molar-refractivity contribution in [3.63, 3.8) is 0 Å². The zero-order valence-corrected chi connectivity index (χ0v) is 13.2. The summed E-state index contributed by atoms with van der Waals surface area (Å²) in [6.07, 6.45) is 8.83. The van der Waals surface area contributed by atoms with Crippen LogP contribution in [0.25, 0.3) is 0 Å². The van der Waals surface area contributed by atoms with E-state index in [1.165, 1.54) is 44.2 Å². The summed E-state index contributed by atoms with van der Waals surface area (Å²) in [6.45, 7) is 3.12. The molecule has 0 saturated heterocycles. The van der Waals surface area contributed by atoms with E-state index < -0.39 is 0 Å². The van der Waals surface area contributed by atoms with E-state index in [4.69, 9.17) is 4.98 Å². The van der Waals surface area contributed by atoms with Crippen LogP contribution in [0, 0.1) is 17.8 Å². The van der Waals surface area contributed by atoms with E-state index in [1.807, 2.05) is 0 Å². The third-order valence-electron chi connectivity index (χ3n) is 5.41. The first-order valence-electron chi connectivity index (χ1n) is 7.47. The van der Waals surface area contributed by atoms with Gasteiger partial charge in [0.25, 0.3) is 0 Å². The number of nitrogens with zero attached hydrogens (tertiary/aromatic N) is 1. The second kappa shape index (κ2) is 4.92. The molecule has 0 radical (unpaired) electrons. The molecule has 1 heterocycles. The Morgan fingerprint density at radius 1 is 1.21 bits per heavy atom. The molecule has 0 spiro atoms. The van der Waals surface area contributed by atoms with Crippen molar-refractivity contribution in [3.05, 3.63) is 11.1 Å². The molecule has 4 aliphatic carbocycles. The lowest BCUT2D eigenvalue weighted by Crippen LogP contribution is -2.48. The minimum Gasteiger partial charge on any atom is -0.362 e. The molecule has 4 aliphatic rings. The highest BCUT2D eigenvalue weighted by Crippen LogP contribution is 2.60. The van der Waals surface area contributed by atoms with Crippen molar-refractivity contribution in [1.82, 2.24) is 4.98 Å². The Kier molecular flexibility index (Phi) is 3.55. The van der Waals surface area contributed by atoms with Crippen molar-refractivity contribution < 1.29 is 0 Å². The van der Waals surface area contributed by atoms with E-state index in [0.717, 1.165) is 29.4 Å². The highest BCUT2D eigenvalue weighted by molar-refractivity contribution is 7.13. The van der Waals surface area contributed by atoms with Crippen LogP contribution in [0.15, 0.2) is 5.38 Å². The Morgan fingerprint density at radius 2 is 1.79 bits per heavy atom. The van der Waals surface area contributed by atoms with Crippen LogP contribution in [0.2, 0.25) is 0 Å². The lowest BCUT2D eigenvalue weighted by atomic mass is 9.49. The number of thiazole rings is 1. The highest BCUT2D eigenvalue weighted by Gasteiger charge is 2.52. The molecule has 19 heavy (non-hydrogen) atoms. The fourth-order valence-electron chi connectivity index (χ4n) is 5.17. The van der Waals surface area contributed by atoms with E-state index in [2.05, 4.69) is 17.6 Å². The zero-order chi connectivity index (χ0) is 12.2. The quantitative estimate of drug-likeness (QED) is 0.891. The lowest BCUT2D eigenvalue weighted by molar-refractivity contribution is -0.00688. The molecular weight excluding hydrogens is 276 g/mol. The topological polar surface area (TPSA) is 24.9 Å². The molecule has 4 fully saturated rings. The van der Waals surface area contributed by atoms with Gasteiger partial charge in [-0.1, -0.05) is 0 Å². The minimum atomic E-state index is 0. The molecule has 2 nitrogen and oxygen atoms in total. The maximum Gasteiger partial charge on any atom is 0.182 e. The molecule has 4 heteroatoms. The van der Waals surface area contributed by atoms with Crippen LogP contribution in [-0.2, 0) is 5.41 Å². The van der Waals surface area contributed by atoms with Crippen molar-refractivity contribution in [2.75, 3.05) is 11.9 Å². The average Bonchev–Trinajstić information content (AvgIpc) is 2.77. The maximum atomic E-state index is 4.90. The smallest absolute Gasteiger partial charge is 0.182 e. The van der Waals surface area contributed by atoms with Gasteiger partial charge in [-0.05, 0) is 63.2 Å². The Balaban J connectivity index is 0.00000110. The first-order valence-corrected chi connectivity index (χ1v) is 8.35. The summed E-state index contributed by atoms with van der Waals surface area (Å²) in [4.78, 5) is 4.90. The van der Waals surface area contributed by atoms with Gasteiger partial charge in [0.1, 0.15) is 0 Å². The molecular formula is C15H23ClN2S. The van der Waals surface area contributed by atoms with E-state index in [-0.39, 0.29) is 12.4 Å². The van der Waals surface area contributed by atoms with Gasteiger partial charge in [0.05, 0.1) is 5.69 Å². The summed E-state index contributed by atoms with van der Waals surface area (Å²) in [6, 6.07) is 0. The van der Waals surface area contributed by atoms with Crippen LogP contribution < -0.4 is 5.32 Å². The minimum absolute atomic E-state index is 0. The third kappa shape index (κ3) is 2.19. The van der Waals surface area contributed by atoms with Gasteiger partial charge in [-0.15, -0.1) is 23.7 Å². The second-order valence-electron chi connectivity index (χ2n) is 6.77. The average molecular weight is 299 g/mol. The van der Waals surface area contributed by atoms with Crippen LogP contribution in [0.5, 0.6) is 0 Å². The van der Waals surface area contributed by atoms with Gasteiger partial charge < -0.3 is 5.32 Å². The Labute approximate surface area is 125 Å². The van der Waals surface area contributed by atoms with Crippen LogP contribution in [-0.4, -0.2) is 11.5 Å². The second-order valence-corrected chi connectivity index (χ2v) is 7.62. The first-order chi connectivity index (χ1) is 8.77. The van der Waals surface area contributed by atoms with E-state index >= 15 is 0 Å². The van der Waals surface area contributed by atoms with Gasteiger partial charge >= 0.3 is 0 Å². The maximum absolute atomic E-state index is 4.90. The monoisotopic (exact) mass is 298 g/mol. The lowest BCUT2D eigenvalue weighted by Gasteiger charge is -2.56. The van der Waals surface area contributed by atoms with Crippen molar-refractivity contribution in [2.24, 2.45) is 17.8 Å². The normalized spacial score (nSPS) is 39.1. The first kappa shape index (κ1) is 13.7. The molecule has 0 amide bonds. The van der Waals surface area contributed by atoms with E-state index in [9.17, 15) is 0 Å². The van der Waals surface area contributed by atoms with Gasteiger partial charge in [-0.3, -0.25) is 0 Å². The summed E-state index contributed by atoms with van der Waals surface area (Å²) in [5, 5.41) is 6.83. The molecule has 106 valence electrons. The van der Waals surface area contributed by atoms with Crippen molar-refractivity contribution in [1.29, 1.82) is 0 Å². The van der Waals surface area contributed by atoms with Crippen LogP contribution in [0.3, 0.4) is 0 Å². The third-order valence-corrected chi connectivity index (χ3v) is 6.21. The van der Waals surface area contributed by atoms with E-state index in [0.29, 0.717) is 5.41 Å². The number of rotatable bonds is 3. The number of hydrogen-bond acceptors (Lipinski definition) is 3. The van der Waals surface area contributed by atoms with Gasteiger partial charge in [0.15, 0.2) is 5.13 Å². The zero-order valence-electron chi connectivity index (χ0n) is 11.5. The largest absolute Gasteiger partial charge is 0.362 e. The van der Waals surface area contributed by atoms with Crippen molar-refractivity contribution in [3.8, 4) is 0 Å². The number of anilines is 1. The predicted molar refractivity (Wildman–Crippen MR) is 83.4 cm³/mol. The van der Waals surface area contributed by atoms with Gasteiger partial charge in [0, 0.05) is 17.3 Å². The molecule has 4 saturated carbocycles. The fraction of sp³-hybridized carbons (Fsp3) is 0.800. The van der Waals surface area contributed by atoms with Crippen LogP contribution in [0.1, 0.15) is 51.1 Å². The number of nitrogens with one attached hydrogen (secondary N) is 1. The van der Waals surface area contributed by atoms with Gasteiger partial charge in [0.2, 0.25) is 0 Å². The molecule has 1 N–H and O–H groups in total. The number of hydrogen-bond donors (Lipinski definition) is 1. The summed E-state index contributed by atoms with van der Waals surface area (Å²) >= 11 is 1.80. The summed E-state index contributed by atoms with van der Waals surface area (Å²) in [7, 11) is 0. The predicted octanol–water partition coefficient (Wildman–Crippen LogP) is 4.46. The van der Waals surface area contributed by atoms with Crippen molar-refractivity contribution in [2.45, 2.75) is 50.9 Å². The number of halogens is 1. The van der Waals surface area contributed by atoms with Crippen LogP contribution in [0.4, 0.5) is 5.13 Å². The van der Waals surface area contributed by atoms with Crippen LogP contribution >= 0.6 is 23.7 Å². The molecule has 0 atom stereocenters. The molecule has 0 unspecified atom stereocenters. The number of aromatic nitrogens is 1. The summed E-state index contributed by atoms with van der Waals surface area (Å²) in [5.41, 5.74) is 1.89. The van der Waals surface area contributed by atoms with Crippen molar-refractivity contribution >= 4 is 28.9 Å². The molecule has 0 aliphatic heterocycles. The Morgan fingerprint density at radius 3 is 2.32 bits per heavy atom. The van der Waals surface area contributed by atoms with E-state index in [1.54, 1.807) is 11.3 Å². The molecule has 0 aromatic carbocycles. The molecule has 4 bridgehead atoms. The molecule has 5 rings (SSSR count). The SMILES string of the molecule is CCNc1nc(C23CC4CC(CC(C4)C2)C3)cs1.Cl. The van der Waals surface area contributed by atoms with Gasteiger partial charge in [-0.25, -0.2) is 4.98 Å². The Bertz CT molecular complexity index is 421. The highest BCUT2D eigenvalue weighted by atomic mass is 35.5. The Hall–Kier alpha value is -0.280. The van der Waals surface area contributed by atoms with Gasteiger partial charge in [-0.2, -0.15) is 0 Å². The summed E-state index contributed by atoms with van der Waals surface area (Å²) < 4.78 is 0. The standard InChI is InChI=1S/C15H22N2S.ClH/c1-2-16-14-17-13(9-18-14)15-6-10-3-11(7-15)5-12(4-10)8-15;/h9-12H,2-8H2,1H3,(H,16,17);1H. The molecule has 1 aromatic rings.